The first-order valence-corrected chi connectivity index (χ1v) is 7.37. The van der Waals surface area contributed by atoms with Crippen molar-refractivity contribution in [1.29, 1.82) is 0 Å². The Labute approximate surface area is 128 Å². The highest BCUT2D eigenvalue weighted by molar-refractivity contribution is 5.91. The summed E-state index contributed by atoms with van der Waals surface area (Å²) in [6.45, 7) is 2.19. The number of hydrogen-bond acceptors (Lipinski definition) is 4. The third kappa shape index (κ3) is 3.21. The zero-order valence-electron chi connectivity index (χ0n) is 12.2. The molecule has 6 heteroatoms. The molecule has 22 heavy (non-hydrogen) atoms. The molecule has 6 nitrogen and oxygen atoms in total. The van der Waals surface area contributed by atoms with Gasteiger partial charge in [-0.25, -0.2) is 0 Å². The van der Waals surface area contributed by atoms with E-state index in [2.05, 4.69) is 0 Å². The van der Waals surface area contributed by atoms with Crippen molar-refractivity contribution in [2.45, 2.75) is 12.8 Å². The summed E-state index contributed by atoms with van der Waals surface area (Å²) in [4.78, 5) is 27.8. The molecule has 0 N–H and O–H groups in total. The van der Waals surface area contributed by atoms with Crippen molar-refractivity contribution in [3.05, 3.63) is 48.3 Å². The van der Waals surface area contributed by atoms with Gasteiger partial charge < -0.3 is 18.6 Å². The second-order valence-electron chi connectivity index (χ2n) is 5.23. The minimum Gasteiger partial charge on any atom is -0.469 e. The first-order valence-electron chi connectivity index (χ1n) is 7.37. The predicted molar refractivity (Wildman–Crippen MR) is 78.2 cm³/mol. The number of rotatable bonds is 4. The molecule has 2 amide bonds. The number of carbonyl (C=O) groups excluding carboxylic acids is 2. The molecule has 1 aliphatic rings. The third-order valence-electron chi connectivity index (χ3n) is 3.82. The normalized spacial score (nSPS) is 15.1. The van der Waals surface area contributed by atoms with Gasteiger partial charge in [0, 0.05) is 39.0 Å². The van der Waals surface area contributed by atoms with E-state index in [-0.39, 0.29) is 11.8 Å². The lowest BCUT2D eigenvalue weighted by Gasteiger charge is -2.34. The fourth-order valence-electron chi connectivity index (χ4n) is 2.56. The van der Waals surface area contributed by atoms with Crippen LogP contribution in [0.2, 0.25) is 0 Å². The van der Waals surface area contributed by atoms with Gasteiger partial charge in [0.2, 0.25) is 5.91 Å². The molecule has 2 aromatic heterocycles. The number of furan rings is 2. The summed E-state index contributed by atoms with van der Waals surface area (Å²) in [5.41, 5.74) is 0. The Kier molecular flexibility index (Phi) is 4.27. The van der Waals surface area contributed by atoms with E-state index in [0.717, 1.165) is 5.76 Å². The summed E-state index contributed by atoms with van der Waals surface area (Å²) in [5.74, 6) is 1.15. The van der Waals surface area contributed by atoms with Crippen molar-refractivity contribution < 1.29 is 18.4 Å². The molecule has 3 heterocycles. The van der Waals surface area contributed by atoms with Crippen molar-refractivity contribution >= 4 is 11.8 Å². The molecule has 1 aliphatic heterocycles. The van der Waals surface area contributed by atoms with Crippen molar-refractivity contribution in [2.75, 3.05) is 26.2 Å². The van der Waals surface area contributed by atoms with Gasteiger partial charge in [0.15, 0.2) is 5.76 Å². The van der Waals surface area contributed by atoms with E-state index in [1.807, 2.05) is 12.1 Å². The minimum atomic E-state index is -0.118. The van der Waals surface area contributed by atoms with Crippen molar-refractivity contribution in [1.82, 2.24) is 9.80 Å². The second kappa shape index (κ2) is 6.51. The van der Waals surface area contributed by atoms with Gasteiger partial charge in [0.25, 0.3) is 5.91 Å². The van der Waals surface area contributed by atoms with E-state index in [9.17, 15) is 9.59 Å². The van der Waals surface area contributed by atoms with Gasteiger partial charge in [-0.15, -0.1) is 0 Å². The molecule has 0 unspecified atom stereocenters. The maximum Gasteiger partial charge on any atom is 0.289 e. The number of nitrogens with zero attached hydrogens (tertiary/aromatic N) is 2. The number of hydrogen-bond donors (Lipinski definition) is 0. The van der Waals surface area contributed by atoms with Crippen LogP contribution in [0.5, 0.6) is 0 Å². The average molecular weight is 302 g/mol. The van der Waals surface area contributed by atoms with E-state index in [1.165, 1.54) is 6.26 Å². The molecule has 0 radical (unpaired) electrons. The monoisotopic (exact) mass is 302 g/mol. The summed E-state index contributed by atoms with van der Waals surface area (Å²) in [7, 11) is 0. The molecule has 1 saturated heterocycles. The molecule has 3 rings (SSSR count). The average Bonchev–Trinajstić information content (AvgIpc) is 3.25. The highest BCUT2D eigenvalue weighted by Gasteiger charge is 2.25. The lowest BCUT2D eigenvalue weighted by Crippen LogP contribution is -2.50. The van der Waals surface area contributed by atoms with Crippen LogP contribution in [-0.2, 0) is 11.2 Å². The zero-order valence-corrected chi connectivity index (χ0v) is 12.2. The molecule has 0 aromatic carbocycles. The van der Waals surface area contributed by atoms with Gasteiger partial charge in [0.05, 0.1) is 12.5 Å². The Balaban J connectivity index is 1.47. The summed E-state index contributed by atoms with van der Waals surface area (Å²) in [6, 6.07) is 7.04. The van der Waals surface area contributed by atoms with Gasteiger partial charge in [-0.3, -0.25) is 9.59 Å². The Hall–Kier alpha value is -2.50. The highest BCUT2D eigenvalue weighted by atomic mass is 16.3. The zero-order chi connectivity index (χ0) is 15.4. The van der Waals surface area contributed by atoms with E-state index in [1.54, 1.807) is 28.2 Å². The van der Waals surface area contributed by atoms with Crippen LogP contribution < -0.4 is 0 Å². The number of amides is 2. The van der Waals surface area contributed by atoms with Crippen LogP contribution in [0.25, 0.3) is 0 Å². The minimum absolute atomic E-state index is 0.0986. The lowest BCUT2D eigenvalue weighted by atomic mass is 10.2. The number of piperazine rings is 1. The van der Waals surface area contributed by atoms with E-state index in [4.69, 9.17) is 8.83 Å². The van der Waals surface area contributed by atoms with Crippen LogP contribution >= 0.6 is 0 Å². The predicted octanol–water partition coefficient (Wildman–Crippen LogP) is 1.79. The van der Waals surface area contributed by atoms with E-state index >= 15 is 0 Å². The topological polar surface area (TPSA) is 66.9 Å². The molecule has 0 atom stereocenters. The third-order valence-corrected chi connectivity index (χ3v) is 3.82. The van der Waals surface area contributed by atoms with Crippen LogP contribution in [0.15, 0.2) is 45.6 Å². The summed E-state index contributed by atoms with van der Waals surface area (Å²) in [5, 5.41) is 0. The van der Waals surface area contributed by atoms with Gasteiger partial charge >= 0.3 is 0 Å². The lowest BCUT2D eigenvalue weighted by molar-refractivity contribution is -0.132. The van der Waals surface area contributed by atoms with Gasteiger partial charge in [-0.2, -0.15) is 0 Å². The van der Waals surface area contributed by atoms with Crippen LogP contribution in [0.1, 0.15) is 22.7 Å². The quantitative estimate of drug-likeness (QED) is 0.863. The first-order chi connectivity index (χ1) is 10.7. The van der Waals surface area contributed by atoms with Gasteiger partial charge in [-0.05, 0) is 24.3 Å². The molecule has 1 fully saturated rings. The smallest absolute Gasteiger partial charge is 0.289 e. The molecule has 0 aliphatic carbocycles. The Morgan fingerprint density at radius 2 is 1.64 bits per heavy atom. The SMILES string of the molecule is O=C(CCc1ccco1)N1CCN(C(=O)c2ccco2)CC1. The fourth-order valence-corrected chi connectivity index (χ4v) is 2.56. The maximum atomic E-state index is 12.2. The number of carbonyl (C=O) groups is 2. The second-order valence-corrected chi connectivity index (χ2v) is 5.23. The fraction of sp³-hybridized carbons (Fsp3) is 0.375. The molecule has 0 bridgehead atoms. The Morgan fingerprint density at radius 3 is 2.27 bits per heavy atom. The van der Waals surface area contributed by atoms with Crippen molar-refractivity contribution in [2.24, 2.45) is 0 Å². The van der Waals surface area contributed by atoms with Gasteiger partial charge in [0.1, 0.15) is 5.76 Å². The first kappa shape index (κ1) is 14.4. The summed E-state index contributed by atoms with van der Waals surface area (Å²) < 4.78 is 10.3. The Morgan fingerprint density at radius 1 is 0.955 bits per heavy atom. The summed E-state index contributed by atoms with van der Waals surface area (Å²) in [6.07, 6.45) is 4.14. The standard InChI is InChI=1S/C16H18N2O4/c19-15(6-5-13-3-1-11-21-13)17-7-9-18(10-8-17)16(20)14-4-2-12-22-14/h1-4,11-12H,5-10H2. The van der Waals surface area contributed by atoms with Crippen LogP contribution in [-0.4, -0.2) is 47.8 Å². The van der Waals surface area contributed by atoms with Crippen molar-refractivity contribution in [3.8, 4) is 0 Å². The maximum absolute atomic E-state index is 12.2. The van der Waals surface area contributed by atoms with E-state index in [0.29, 0.717) is 44.8 Å². The van der Waals surface area contributed by atoms with Crippen LogP contribution in [0.4, 0.5) is 0 Å². The molecular formula is C16H18N2O4. The van der Waals surface area contributed by atoms with E-state index < -0.39 is 0 Å². The molecule has 116 valence electrons. The van der Waals surface area contributed by atoms with Crippen LogP contribution in [0.3, 0.4) is 0 Å². The summed E-state index contributed by atoms with van der Waals surface area (Å²) >= 11 is 0. The van der Waals surface area contributed by atoms with Gasteiger partial charge in [-0.1, -0.05) is 0 Å². The number of aryl methyl sites for hydroxylation is 1. The van der Waals surface area contributed by atoms with Crippen molar-refractivity contribution in [3.63, 3.8) is 0 Å². The highest BCUT2D eigenvalue weighted by Crippen LogP contribution is 2.11. The van der Waals surface area contributed by atoms with Crippen LogP contribution in [0, 0.1) is 0 Å². The Bertz CT molecular complexity index is 611. The molecule has 0 spiro atoms. The molecule has 0 saturated carbocycles. The molecular weight excluding hydrogens is 284 g/mol. The largest absolute Gasteiger partial charge is 0.469 e. The molecule has 2 aromatic rings.